The minimum absolute atomic E-state index is 0.00250. The maximum Gasteiger partial charge on any atom is 0.416 e. The van der Waals surface area contributed by atoms with Crippen LogP contribution in [0.4, 0.5) is 17.6 Å². The summed E-state index contributed by atoms with van der Waals surface area (Å²) in [6.07, 6.45) is -3.50. The van der Waals surface area contributed by atoms with Crippen molar-refractivity contribution in [2.75, 3.05) is 13.1 Å². The van der Waals surface area contributed by atoms with E-state index in [4.69, 9.17) is 5.73 Å². The van der Waals surface area contributed by atoms with Gasteiger partial charge in [-0.15, -0.1) is 0 Å². The van der Waals surface area contributed by atoms with Gasteiger partial charge in [0.05, 0.1) is 5.56 Å². The van der Waals surface area contributed by atoms with E-state index < -0.39 is 23.5 Å². The van der Waals surface area contributed by atoms with Crippen molar-refractivity contribution >= 4 is 5.91 Å². The summed E-state index contributed by atoms with van der Waals surface area (Å²) in [6.45, 7) is 0.746. The lowest BCUT2D eigenvalue weighted by molar-refractivity contribution is -0.137. The van der Waals surface area contributed by atoms with Crippen molar-refractivity contribution in [2.24, 2.45) is 5.73 Å². The molecule has 1 amide bonds. The summed E-state index contributed by atoms with van der Waals surface area (Å²) >= 11 is 0. The fourth-order valence-electron chi connectivity index (χ4n) is 2.16. The van der Waals surface area contributed by atoms with Gasteiger partial charge in [-0.25, -0.2) is 4.39 Å². The monoisotopic (exact) mass is 290 g/mol. The first-order chi connectivity index (χ1) is 9.27. The number of alkyl halides is 3. The Morgan fingerprint density at radius 2 is 1.80 bits per heavy atom. The Balaban J connectivity index is 2.24. The first kappa shape index (κ1) is 14.8. The van der Waals surface area contributed by atoms with E-state index in [1.165, 1.54) is 4.90 Å². The molecule has 1 fully saturated rings. The van der Waals surface area contributed by atoms with Crippen LogP contribution < -0.4 is 5.73 Å². The molecule has 0 radical (unpaired) electrons. The zero-order valence-corrected chi connectivity index (χ0v) is 10.6. The van der Waals surface area contributed by atoms with Gasteiger partial charge in [0.25, 0.3) is 5.91 Å². The van der Waals surface area contributed by atoms with Gasteiger partial charge in [-0.2, -0.15) is 13.2 Å². The quantitative estimate of drug-likeness (QED) is 0.807. The Morgan fingerprint density at radius 1 is 1.20 bits per heavy atom. The molecular weight excluding hydrogens is 276 g/mol. The highest BCUT2D eigenvalue weighted by atomic mass is 19.4. The number of nitrogens with two attached hydrogens (primary N) is 1. The molecule has 3 nitrogen and oxygen atoms in total. The minimum atomic E-state index is -4.68. The van der Waals surface area contributed by atoms with Gasteiger partial charge in [0, 0.05) is 24.7 Å². The van der Waals surface area contributed by atoms with E-state index in [1.54, 1.807) is 0 Å². The number of hydrogen-bond acceptors (Lipinski definition) is 2. The molecule has 1 aromatic rings. The molecule has 1 heterocycles. The van der Waals surface area contributed by atoms with Gasteiger partial charge in [0.2, 0.25) is 0 Å². The number of amides is 1. The van der Waals surface area contributed by atoms with Crippen LogP contribution >= 0.6 is 0 Å². The van der Waals surface area contributed by atoms with Crippen molar-refractivity contribution in [1.82, 2.24) is 4.90 Å². The van der Waals surface area contributed by atoms with Crippen LogP contribution in [0.1, 0.15) is 28.8 Å². The van der Waals surface area contributed by atoms with Crippen LogP contribution in [0.3, 0.4) is 0 Å². The summed E-state index contributed by atoms with van der Waals surface area (Å²) in [5, 5.41) is 0. The summed E-state index contributed by atoms with van der Waals surface area (Å²) in [6, 6.07) is 1.88. The van der Waals surface area contributed by atoms with Crippen LogP contribution in [-0.2, 0) is 6.18 Å². The highest BCUT2D eigenvalue weighted by Gasteiger charge is 2.32. The van der Waals surface area contributed by atoms with Crippen LogP contribution in [0.15, 0.2) is 18.2 Å². The number of halogens is 4. The maximum absolute atomic E-state index is 13.3. The van der Waals surface area contributed by atoms with Gasteiger partial charge >= 0.3 is 6.18 Å². The summed E-state index contributed by atoms with van der Waals surface area (Å²) < 4.78 is 51.0. The van der Waals surface area contributed by atoms with E-state index in [0.29, 0.717) is 38.1 Å². The number of carbonyl (C=O) groups excluding carboxylic acids is 1. The Morgan fingerprint density at radius 3 is 2.35 bits per heavy atom. The first-order valence-electron chi connectivity index (χ1n) is 6.20. The van der Waals surface area contributed by atoms with E-state index in [9.17, 15) is 22.4 Å². The highest BCUT2D eigenvalue weighted by Crippen LogP contribution is 2.30. The number of nitrogens with zero attached hydrogens (tertiary/aromatic N) is 1. The standard InChI is InChI=1S/C13H14F4N2O/c14-10-6-8(5-9(7-10)13(15,16)17)12(20)19-3-1-11(18)2-4-19/h5-7,11H,1-4,18H2. The molecule has 1 aliphatic heterocycles. The number of carbonyl (C=O) groups is 1. The minimum Gasteiger partial charge on any atom is -0.339 e. The van der Waals surface area contributed by atoms with E-state index in [2.05, 4.69) is 0 Å². The average Bonchev–Trinajstić information content (AvgIpc) is 2.37. The predicted molar refractivity (Wildman–Crippen MR) is 64.5 cm³/mol. The summed E-state index contributed by atoms with van der Waals surface area (Å²) in [7, 11) is 0. The number of rotatable bonds is 1. The molecule has 1 aliphatic rings. The highest BCUT2D eigenvalue weighted by molar-refractivity contribution is 5.94. The van der Waals surface area contributed by atoms with Crippen LogP contribution in [0.25, 0.3) is 0 Å². The Hall–Kier alpha value is -1.63. The van der Waals surface area contributed by atoms with Crippen LogP contribution in [0, 0.1) is 5.82 Å². The third-order valence-electron chi connectivity index (χ3n) is 3.30. The van der Waals surface area contributed by atoms with E-state index in [0.717, 1.165) is 6.07 Å². The molecule has 0 unspecified atom stereocenters. The second kappa shape index (κ2) is 5.40. The van der Waals surface area contributed by atoms with Crippen molar-refractivity contribution < 1.29 is 22.4 Å². The first-order valence-corrected chi connectivity index (χ1v) is 6.20. The lowest BCUT2D eigenvalue weighted by atomic mass is 10.0. The lowest BCUT2D eigenvalue weighted by Crippen LogP contribution is -2.42. The molecule has 0 aromatic heterocycles. The molecule has 110 valence electrons. The van der Waals surface area contributed by atoms with Gasteiger partial charge in [-0.1, -0.05) is 0 Å². The van der Waals surface area contributed by atoms with Crippen molar-refractivity contribution in [3.05, 3.63) is 35.1 Å². The molecule has 0 spiro atoms. The topological polar surface area (TPSA) is 46.3 Å². The molecule has 0 saturated carbocycles. The normalized spacial score (nSPS) is 17.4. The van der Waals surface area contributed by atoms with Gasteiger partial charge in [0.1, 0.15) is 5.82 Å². The number of hydrogen-bond donors (Lipinski definition) is 1. The van der Waals surface area contributed by atoms with Crippen LogP contribution in [0.5, 0.6) is 0 Å². The fraction of sp³-hybridized carbons (Fsp3) is 0.462. The van der Waals surface area contributed by atoms with Crippen LogP contribution in [0.2, 0.25) is 0 Å². The molecule has 0 bridgehead atoms. The number of piperidine rings is 1. The van der Waals surface area contributed by atoms with Gasteiger partial charge in [-0.3, -0.25) is 4.79 Å². The van der Waals surface area contributed by atoms with Crippen molar-refractivity contribution in [3.63, 3.8) is 0 Å². The fourth-order valence-corrected chi connectivity index (χ4v) is 2.16. The second-order valence-electron chi connectivity index (χ2n) is 4.86. The van der Waals surface area contributed by atoms with Gasteiger partial charge < -0.3 is 10.6 Å². The molecule has 7 heteroatoms. The smallest absolute Gasteiger partial charge is 0.339 e. The third-order valence-corrected chi connectivity index (χ3v) is 3.30. The van der Waals surface area contributed by atoms with E-state index in [-0.39, 0.29) is 11.6 Å². The van der Waals surface area contributed by atoms with E-state index >= 15 is 0 Å². The average molecular weight is 290 g/mol. The Bertz CT molecular complexity index is 508. The molecule has 20 heavy (non-hydrogen) atoms. The SMILES string of the molecule is NC1CCN(C(=O)c2cc(F)cc(C(F)(F)F)c2)CC1. The number of benzene rings is 1. The molecular formula is C13H14F4N2O. The molecule has 1 aromatic carbocycles. The van der Waals surface area contributed by atoms with E-state index in [1.807, 2.05) is 0 Å². The molecule has 0 atom stereocenters. The Labute approximate surface area is 113 Å². The zero-order valence-electron chi connectivity index (χ0n) is 10.6. The predicted octanol–water partition coefficient (Wildman–Crippen LogP) is 2.41. The third kappa shape index (κ3) is 3.27. The summed E-state index contributed by atoms with van der Waals surface area (Å²) in [5.74, 6) is -1.67. The van der Waals surface area contributed by atoms with Crippen molar-refractivity contribution in [2.45, 2.75) is 25.1 Å². The second-order valence-corrected chi connectivity index (χ2v) is 4.86. The Kier molecular flexibility index (Phi) is 3.99. The maximum atomic E-state index is 13.3. The molecule has 2 N–H and O–H groups in total. The molecule has 0 aliphatic carbocycles. The molecule has 1 saturated heterocycles. The van der Waals surface area contributed by atoms with Crippen molar-refractivity contribution in [1.29, 1.82) is 0 Å². The summed E-state index contributed by atoms with van der Waals surface area (Å²) in [5.41, 5.74) is 4.25. The number of likely N-dealkylation sites (tertiary alicyclic amines) is 1. The zero-order chi connectivity index (χ0) is 14.9. The van der Waals surface area contributed by atoms with Crippen molar-refractivity contribution in [3.8, 4) is 0 Å². The largest absolute Gasteiger partial charge is 0.416 e. The van der Waals surface area contributed by atoms with Crippen LogP contribution in [-0.4, -0.2) is 29.9 Å². The molecule has 2 rings (SSSR count). The van der Waals surface area contributed by atoms with Gasteiger partial charge in [0.15, 0.2) is 0 Å². The summed E-state index contributed by atoms with van der Waals surface area (Å²) in [4.78, 5) is 13.5. The van der Waals surface area contributed by atoms with Gasteiger partial charge in [-0.05, 0) is 31.0 Å². The lowest BCUT2D eigenvalue weighted by Gasteiger charge is -2.30.